The summed E-state index contributed by atoms with van der Waals surface area (Å²) in [6.45, 7) is -0.264. The van der Waals surface area contributed by atoms with Crippen molar-refractivity contribution in [2.24, 2.45) is 4.99 Å². The summed E-state index contributed by atoms with van der Waals surface area (Å²) in [5.74, 6) is 0.498. The number of fused-ring (bicyclic) bond motifs is 1. The summed E-state index contributed by atoms with van der Waals surface area (Å²) in [7, 11) is -1.67. The van der Waals surface area contributed by atoms with Gasteiger partial charge in [-0.15, -0.1) is 0 Å². The van der Waals surface area contributed by atoms with Crippen LogP contribution in [0.2, 0.25) is 10.0 Å². The van der Waals surface area contributed by atoms with E-state index in [1.807, 2.05) is 0 Å². The van der Waals surface area contributed by atoms with Crippen LogP contribution in [0.25, 0.3) is 0 Å². The summed E-state index contributed by atoms with van der Waals surface area (Å²) in [6.07, 6.45) is 0. The first-order valence-electron chi connectivity index (χ1n) is 9.25. The number of amides is 1. The summed E-state index contributed by atoms with van der Waals surface area (Å²) < 4.78 is 35.4. The van der Waals surface area contributed by atoms with E-state index in [0.717, 1.165) is 0 Å². The number of methoxy groups -OCH3 is 1. The normalized spacial score (nSPS) is 23.1. The number of sulfone groups is 1. The molecule has 1 amide bonds. The number of anilines is 1. The largest absolute Gasteiger partial charge is 0.495 e. The Labute approximate surface area is 194 Å². The number of aliphatic imine (C=N–C) groups is 1. The van der Waals surface area contributed by atoms with Gasteiger partial charge in [0.15, 0.2) is 21.6 Å². The predicted molar refractivity (Wildman–Crippen MR) is 124 cm³/mol. The van der Waals surface area contributed by atoms with Gasteiger partial charge in [0.2, 0.25) is 0 Å². The third-order valence-electron chi connectivity index (χ3n) is 4.86. The lowest BCUT2D eigenvalue weighted by molar-refractivity contribution is -0.119. The molecule has 2 saturated heterocycles. The van der Waals surface area contributed by atoms with Crippen molar-refractivity contribution in [3.8, 4) is 11.5 Å². The van der Waals surface area contributed by atoms with Crippen molar-refractivity contribution in [1.82, 2.24) is 0 Å². The second kappa shape index (κ2) is 8.90. The smallest absolute Gasteiger partial charge is 0.285 e. The summed E-state index contributed by atoms with van der Waals surface area (Å²) in [4.78, 5) is 18.5. The molecule has 4 rings (SSSR count). The number of halogens is 2. The molecule has 0 aromatic heterocycles. The first kappa shape index (κ1) is 22.3. The van der Waals surface area contributed by atoms with Gasteiger partial charge in [0.1, 0.15) is 11.5 Å². The zero-order valence-electron chi connectivity index (χ0n) is 16.3. The highest BCUT2D eigenvalue weighted by Crippen LogP contribution is 2.44. The van der Waals surface area contributed by atoms with E-state index < -0.39 is 15.7 Å². The molecule has 2 fully saturated rings. The lowest BCUT2D eigenvalue weighted by Gasteiger charge is -2.26. The van der Waals surface area contributed by atoms with Crippen molar-refractivity contribution in [3.63, 3.8) is 0 Å². The van der Waals surface area contributed by atoms with Crippen molar-refractivity contribution in [1.29, 1.82) is 0 Å². The molecular weight excluding hydrogens is 483 g/mol. The topological polar surface area (TPSA) is 85.3 Å². The van der Waals surface area contributed by atoms with E-state index in [1.54, 1.807) is 47.4 Å². The van der Waals surface area contributed by atoms with Crippen molar-refractivity contribution < 1.29 is 22.7 Å². The van der Waals surface area contributed by atoms with E-state index in [2.05, 4.69) is 4.99 Å². The van der Waals surface area contributed by atoms with E-state index in [1.165, 1.54) is 18.9 Å². The molecule has 11 heteroatoms. The van der Waals surface area contributed by atoms with Gasteiger partial charge >= 0.3 is 0 Å². The van der Waals surface area contributed by atoms with Gasteiger partial charge in [0.05, 0.1) is 30.3 Å². The second-order valence-electron chi connectivity index (χ2n) is 7.02. The van der Waals surface area contributed by atoms with Crippen LogP contribution in [0.1, 0.15) is 0 Å². The zero-order chi connectivity index (χ0) is 22.2. The molecule has 0 radical (unpaired) electrons. The number of hydrogen-bond acceptors (Lipinski definition) is 6. The molecule has 0 bridgehead atoms. The number of carbonyl (C=O) groups excluding carboxylic acids is 1. The van der Waals surface area contributed by atoms with E-state index in [4.69, 9.17) is 32.7 Å². The first-order chi connectivity index (χ1) is 14.8. The van der Waals surface area contributed by atoms with Crippen molar-refractivity contribution in [3.05, 3.63) is 52.5 Å². The third-order valence-corrected chi connectivity index (χ3v) is 8.56. The minimum atomic E-state index is -3.19. The SMILES string of the molecule is COc1ccc(Cl)cc1N1C(=NC(=O)COc2ccc(Cl)cc2)S[C@@H]2CS(=O)(=O)C[C@@H]21. The Morgan fingerprint density at radius 2 is 1.87 bits per heavy atom. The molecule has 2 heterocycles. The van der Waals surface area contributed by atoms with Crippen LogP contribution in [0, 0.1) is 0 Å². The highest BCUT2D eigenvalue weighted by Gasteiger charge is 2.50. The zero-order valence-corrected chi connectivity index (χ0v) is 19.5. The van der Waals surface area contributed by atoms with E-state index in [9.17, 15) is 13.2 Å². The van der Waals surface area contributed by atoms with E-state index in [0.29, 0.717) is 32.4 Å². The Kier molecular flexibility index (Phi) is 6.39. The molecule has 31 heavy (non-hydrogen) atoms. The molecule has 2 atom stereocenters. The van der Waals surface area contributed by atoms with Crippen molar-refractivity contribution in [2.75, 3.05) is 30.1 Å². The number of amidine groups is 1. The van der Waals surface area contributed by atoms with Gasteiger partial charge in [-0.05, 0) is 42.5 Å². The van der Waals surface area contributed by atoms with Crippen LogP contribution in [0.4, 0.5) is 5.69 Å². The molecule has 164 valence electrons. The Hall–Kier alpha value is -1.94. The Bertz CT molecular complexity index is 1140. The minimum absolute atomic E-state index is 0.0240. The van der Waals surface area contributed by atoms with Gasteiger partial charge in [-0.25, -0.2) is 8.42 Å². The van der Waals surface area contributed by atoms with E-state index in [-0.39, 0.29) is 29.4 Å². The molecule has 0 aliphatic carbocycles. The summed E-state index contributed by atoms with van der Waals surface area (Å²) in [6, 6.07) is 11.3. The van der Waals surface area contributed by atoms with Gasteiger partial charge in [-0.1, -0.05) is 35.0 Å². The number of carbonyl (C=O) groups is 1. The molecule has 2 aromatic carbocycles. The van der Waals surface area contributed by atoms with Crippen LogP contribution in [0.15, 0.2) is 47.5 Å². The Balaban J connectivity index is 1.61. The fourth-order valence-electron chi connectivity index (χ4n) is 3.51. The van der Waals surface area contributed by atoms with Crippen LogP contribution in [0.5, 0.6) is 11.5 Å². The molecule has 0 spiro atoms. The number of nitrogens with zero attached hydrogens (tertiary/aromatic N) is 2. The number of hydrogen-bond donors (Lipinski definition) is 0. The molecule has 0 unspecified atom stereocenters. The fourth-order valence-corrected chi connectivity index (χ4v) is 7.73. The van der Waals surface area contributed by atoms with Crippen molar-refractivity contribution >= 4 is 61.6 Å². The van der Waals surface area contributed by atoms with Gasteiger partial charge in [0, 0.05) is 15.3 Å². The molecule has 0 N–H and O–H groups in total. The van der Waals surface area contributed by atoms with E-state index >= 15 is 0 Å². The number of thioether (sulfide) groups is 1. The van der Waals surface area contributed by atoms with Crippen LogP contribution < -0.4 is 14.4 Å². The van der Waals surface area contributed by atoms with Crippen LogP contribution in [0.3, 0.4) is 0 Å². The summed E-state index contributed by atoms with van der Waals surface area (Å²) >= 11 is 13.3. The number of rotatable bonds is 5. The molecular formula is C20H18Cl2N2O5S2. The molecule has 2 aliphatic heterocycles. The predicted octanol–water partition coefficient (Wildman–Crippen LogP) is 3.68. The van der Waals surface area contributed by atoms with Gasteiger partial charge in [-0.3, -0.25) is 4.79 Å². The molecule has 2 aromatic rings. The molecule has 0 saturated carbocycles. The monoisotopic (exact) mass is 500 g/mol. The van der Waals surface area contributed by atoms with Crippen molar-refractivity contribution in [2.45, 2.75) is 11.3 Å². The average Bonchev–Trinajstić information content (AvgIpc) is 3.18. The average molecular weight is 501 g/mol. The van der Waals surface area contributed by atoms with Gasteiger partial charge < -0.3 is 14.4 Å². The van der Waals surface area contributed by atoms with Crippen LogP contribution in [-0.4, -0.2) is 56.0 Å². The second-order valence-corrected chi connectivity index (χ2v) is 11.3. The Morgan fingerprint density at radius 1 is 1.16 bits per heavy atom. The highest BCUT2D eigenvalue weighted by atomic mass is 35.5. The van der Waals surface area contributed by atoms with Crippen LogP contribution >= 0.6 is 35.0 Å². The maximum absolute atomic E-state index is 12.5. The number of benzene rings is 2. The first-order valence-corrected chi connectivity index (χ1v) is 12.7. The maximum Gasteiger partial charge on any atom is 0.285 e. The summed E-state index contributed by atoms with van der Waals surface area (Å²) in [5.41, 5.74) is 0.567. The quantitative estimate of drug-likeness (QED) is 0.618. The van der Waals surface area contributed by atoms with Crippen LogP contribution in [-0.2, 0) is 14.6 Å². The fraction of sp³-hybridized carbons (Fsp3) is 0.300. The minimum Gasteiger partial charge on any atom is -0.495 e. The Morgan fingerprint density at radius 3 is 2.58 bits per heavy atom. The lowest BCUT2D eigenvalue weighted by Crippen LogP contribution is -2.38. The van der Waals surface area contributed by atoms with Gasteiger partial charge in [-0.2, -0.15) is 4.99 Å². The summed E-state index contributed by atoms with van der Waals surface area (Å²) in [5, 5.41) is 1.18. The van der Waals surface area contributed by atoms with Gasteiger partial charge in [0.25, 0.3) is 5.91 Å². The standard InChI is InChI=1S/C20H18Cl2N2O5S2/c1-28-17-7-4-13(22)8-15(17)24-16-10-31(26,27)11-18(16)30-20(24)23-19(25)9-29-14-5-2-12(21)3-6-14/h2-8,16,18H,9-11H2,1H3/t16-,18+/m0/s1. The maximum atomic E-state index is 12.5. The third kappa shape index (κ3) is 4.95. The highest BCUT2D eigenvalue weighted by molar-refractivity contribution is 8.16. The molecule has 2 aliphatic rings. The lowest BCUT2D eigenvalue weighted by atomic mass is 10.2. The number of ether oxygens (including phenoxy) is 2. The molecule has 7 nitrogen and oxygen atoms in total.